The Labute approximate surface area is 103 Å². The lowest BCUT2D eigenvalue weighted by Gasteiger charge is -2.13. The third-order valence-electron chi connectivity index (χ3n) is 2.31. The first-order valence-corrected chi connectivity index (χ1v) is 5.30. The van der Waals surface area contributed by atoms with Gasteiger partial charge < -0.3 is 9.47 Å². The van der Waals surface area contributed by atoms with E-state index in [-0.39, 0.29) is 12.2 Å². The van der Waals surface area contributed by atoms with Crippen molar-refractivity contribution < 1.29 is 27.4 Å². The molecule has 1 rings (SSSR count). The molecule has 0 aliphatic carbocycles. The summed E-state index contributed by atoms with van der Waals surface area (Å²) in [5.74, 6) is -0.788. The molecule has 0 unspecified atom stereocenters. The number of aryl methyl sites for hydroxylation is 1. The van der Waals surface area contributed by atoms with Gasteiger partial charge in [-0.2, -0.15) is 0 Å². The van der Waals surface area contributed by atoms with Crippen molar-refractivity contribution in [3.8, 4) is 5.75 Å². The molecule has 0 bridgehead atoms. The second kappa shape index (κ2) is 5.75. The largest absolute Gasteiger partial charge is 0.573 e. The van der Waals surface area contributed by atoms with Crippen molar-refractivity contribution in [2.45, 2.75) is 26.1 Å². The molecular formula is C12H13F3O3. The number of rotatable bonds is 4. The summed E-state index contributed by atoms with van der Waals surface area (Å²) in [5, 5.41) is 0. The standard InChI is InChI=1S/C12H13F3O3/c1-3-9-5-4-8(7-11(16)17-2)6-10(9)18-12(13,14)15/h4-6H,3,7H2,1-2H3. The number of ether oxygens (including phenoxy) is 2. The lowest BCUT2D eigenvalue weighted by atomic mass is 10.1. The zero-order valence-corrected chi connectivity index (χ0v) is 10.0. The first kappa shape index (κ1) is 14.3. The van der Waals surface area contributed by atoms with Crippen molar-refractivity contribution in [2.75, 3.05) is 7.11 Å². The van der Waals surface area contributed by atoms with Crippen LogP contribution < -0.4 is 4.74 Å². The fraction of sp³-hybridized carbons (Fsp3) is 0.417. The number of carbonyl (C=O) groups is 1. The Morgan fingerprint density at radius 2 is 2.00 bits per heavy atom. The monoisotopic (exact) mass is 262 g/mol. The fourth-order valence-electron chi connectivity index (χ4n) is 1.46. The highest BCUT2D eigenvalue weighted by molar-refractivity contribution is 5.72. The van der Waals surface area contributed by atoms with Gasteiger partial charge in [-0.3, -0.25) is 4.79 Å². The summed E-state index contributed by atoms with van der Waals surface area (Å²) in [4.78, 5) is 11.0. The van der Waals surface area contributed by atoms with E-state index in [4.69, 9.17) is 0 Å². The molecule has 0 atom stereocenters. The van der Waals surface area contributed by atoms with Gasteiger partial charge in [0.15, 0.2) is 0 Å². The maximum atomic E-state index is 12.2. The van der Waals surface area contributed by atoms with Crippen LogP contribution in [0.25, 0.3) is 0 Å². The number of carbonyl (C=O) groups excluding carboxylic acids is 1. The number of hydrogen-bond acceptors (Lipinski definition) is 3. The van der Waals surface area contributed by atoms with Crippen molar-refractivity contribution in [1.29, 1.82) is 0 Å². The van der Waals surface area contributed by atoms with Crippen LogP contribution in [0.15, 0.2) is 18.2 Å². The molecule has 0 aliphatic heterocycles. The maximum Gasteiger partial charge on any atom is 0.573 e. The highest BCUT2D eigenvalue weighted by atomic mass is 19.4. The fourth-order valence-corrected chi connectivity index (χ4v) is 1.46. The van der Waals surface area contributed by atoms with Gasteiger partial charge in [0.1, 0.15) is 5.75 Å². The van der Waals surface area contributed by atoms with Crippen LogP contribution in [-0.2, 0) is 22.4 Å². The molecule has 0 amide bonds. The summed E-state index contributed by atoms with van der Waals surface area (Å²) in [6.45, 7) is 1.72. The normalized spacial score (nSPS) is 11.2. The Hall–Kier alpha value is -1.72. The molecule has 100 valence electrons. The molecule has 0 heterocycles. The van der Waals surface area contributed by atoms with Crippen LogP contribution >= 0.6 is 0 Å². The quantitative estimate of drug-likeness (QED) is 0.783. The van der Waals surface area contributed by atoms with Crippen molar-refractivity contribution >= 4 is 5.97 Å². The summed E-state index contributed by atoms with van der Waals surface area (Å²) in [6.07, 6.45) is -4.42. The number of esters is 1. The average molecular weight is 262 g/mol. The van der Waals surface area contributed by atoms with Gasteiger partial charge >= 0.3 is 12.3 Å². The zero-order chi connectivity index (χ0) is 13.8. The topological polar surface area (TPSA) is 35.5 Å². The summed E-state index contributed by atoms with van der Waals surface area (Å²) >= 11 is 0. The van der Waals surface area contributed by atoms with E-state index in [2.05, 4.69) is 9.47 Å². The van der Waals surface area contributed by atoms with Gasteiger partial charge in [-0.05, 0) is 23.6 Å². The van der Waals surface area contributed by atoms with Crippen LogP contribution in [0.4, 0.5) is 13.2 Å². The van der Waals surface area contributed by atoms with Gasteiger partial charge in [0, 0.05) is 0 Å². The maximum absolute atomic E-state index is 12.2. The van der Waals surface area contributed by atoms with E-state index in [0.29, 0.717) is 17.5 Å². The Kier molecular flexibility index (Phi) is 4.58. The minimum Gasteiger partial charge on any atom is -0.469 e. The highest BCUT2D eigenvalue weighted by Gasteiger charge is 2.32. The van der Waals surface area contributed by atoms with Crippen molar-refractivity contribution in [1.82, 2.24) is 0 Å². The lowest BCUT2D eigenvalue weighted by Crippen LogP contribution is -2.18. The Morgan fingerprint density at radius 1 is 1.33 bits per heavy atom. The summed E-state index contributed by atoms with van der Waals surface area (Å²) < 4.78 is 45.0. The highest BCUT2D eigenvalue weighted by Crippen LogP contribution is 2.28. The summed E-state index contributed by atoms with van der Waals surface area (Å²) in [5.41, 5.74) is 0.847. The average Bonchev–Trinajstić information content (AvgIpc) is 2.27. The minimum absolute atomic E-state index is 0.0886. The van der Waals surface area contributed by atoms with E-state index < -0.39 is 12.3 Å². The van der Waals surface area contributed by atoms with Crippen LogP contribution in [0.2, 0.25) is 0 Å². The number of halogens is 3. The smallest absolute Gasteiger partial charge is 0.469 e. The Bertz CT molecular complexity index is 427. The third-order valence-corrected chi connectivity index (χ3v) is 2.31. The molecule has 0 spiro atoms. The second-order valence-electron chi connectivity index (χ2n) is 3.60. The molecule has 6 heteroatoms. The molecule has 0 aliphatic rings. The predicted molar refractivity (Wildman–Crippen MR) is 58.2 cm³/mol. The van der Waals surface area contributed by atoms with Gasteiger partial charge in [-0.15, -0.1) is 13.2 Å². The lowest BCUT2D eigenvalue weighted by molar-refractivity contribution is -0.274. The van der Waals surface area contributed by atoms with E-state index in [1.807, 2.05) is 0 Å². The molecule has 0 radical (unpaired) electrons. The van der Waals surface area contributed by atoms with E-state index in [1.165, 1.54) is 19.2 Å². The zero-order valence-electron chi connectivity index (χ0n) is 10.0. The molecule has 0 aromatic heterocycles. The van der Waals surface area contributed by atoms with Crippen molar-refractivity contribution in [3.63, 3.8) is 0 Å². The van der Waals surface area contributed by atoms with E-state index in [1.54, 1.807) is 13.0 Å². The van der Waals surface area contributed by atoms with E-state index >= 15 is 0 Å². The molecule has 0 fully saturated rings. The molecule has 0 N–H and O–H groups in total. The molecule has 18 heavy (non-hydrogen) atoms. The van der Waals surface area contributed by atoms with Gasteiger partial charge in [0.2, 0.25) is 0 Å². The van der Waals surface area contributed by atoms with Crippen molar-refractivity contribution in [3.05, 3.63) is 29.3 Å². The third kappa shape index (κ3) is 4.27. The van der Waals surface area contributed by atoms with Crippen molar-refractivity contribution in [2.24, 2.45) is 0 Å². The van der Waals surface area contributed by atoms with Gasteiger partial charge in [0.25, 0.3) is 0 Å². The molecule has 1 aromatic carbocycles. The second-order valence-corrected chi connectivity index (χ2v) is 3.60. The van der Waals surface area contributed by atoms with Crippen LogP contribution in [0.5, 0.6) is 5.75 Å². The van der Waals surface area contributed by atoms with E-state index in [0.717, 1.165) is 0 Å². The SMILES string of the molecule is CCc1ccc(CC(=O)OC)cc1OC(F)(F)F. The number of hydrogen-bond donors (Lipinski definition) is 0. The molecule has 1 aromatic rings. The molecule has 0 saturated heterocycles. The first-order valence-electron chi connectivity index (χ1n) is 5.30. The minimum atomic E-state index is -4.74. The molecule has 0 saturated carbocycles. The summed E-state index contributed by atoms with van der Waals surface area (Å²) in [6, 6.07) is 4.31. The molecule has 3 nitrogen and oxygen atoms in total. The molecular weight excluding hydrogens is 249 g/mol. The van der Waals surface area contributed by atoms with Crippen LogP contribution in [0, 0.1) is 0 Å². The van der Waals surface area contributed by atoms with E-state index in [9.17, 15) is 18.0 Å². The Balaban J connectivity index is 2.98. The van der Waals surface area contributed by atoms with Gasteiger partial charge in [-0.25, -0.2) is 0 Å². The number of benzene rings is 1. The van der Waals surface area contributed by atoms with Gasteiger partial charge in [0.05, 0.1) is 13.5 Å². The number of methoxy groups -OCH3 is 1. The van der Waals surface area contributed by atoms with Crippen LogP contribution in [0.3, 0.4) is 0 Å². The van der Waals surface area contributed by atoms with Crippen LogP contribution in [0.1, 0.15) is 18.1 Å². The summed E-state index contributed by atoms with van der Waals surface area (Å²) in [7, 11) is 1.22. The number of alkyl halides is 3. The Morgan fingerprint density at radius 3 is 2.50 bits per heavy atom. The first-order chi connectivity index (χ1) is 8.35. The predicted octanol–water partition coefficient (Wildman–Crippen LogP) is 2.86. The van der Waals surface area contributed by atoms with Gasteiger partial charge in [-0.1, -0.05) is 19.1 Å². The van der Waals surface area contributed by atoms with Crippen LogP contribution in [-0.4, -0.2) is 19.4 Å².